The second-order valence-corrected chi connectivity index (χ2v) is 8.24. The molecule has 0 unspecified atom stereocenters. The first-order valence-electron chi connectivity index (χ1n) is 10.1. The molecule has 0 aliphatic carbocycles. The van der Waals surface area contributed by atoms with Crippen LogP contribution in [0, 0.1) is 5.92 Å². The number of carbonyl (C=O) groups excluding carboxylic acids is 1. The molecule has 12 heteroatoms. The molecule has 33 heavy (non-hydrogen) atoms. The number of nitrogens with zero attached hydrogens (tertiary/aromatic N) is 4. The van der Waals surface area contributed by atoms with Gasteiger partial charge < -0.3 is 16.0 Å². The molecular formula is C21H21F5N6O. The third-order valence-corrected chi connectivity index (χ3v) is 6.13. The smallest absolute Gasteiger partial charge is 0.369 e. The highest BCUT2D eigenvalue weighted by Crippen LogP contribution is 2.38. The van der Waals surface area contributed by atoms with Crippen molar-refractivity contribution in [3.63, 3.8) is 0 Å². The Morgan fingerprint density at radius 2 is 1.88 bits per heavy atom. The van der Waals surface area contributed by atoms with Crippen molar-refractivity contribution in [2.45, 2.75) is 24.9 Å². The summed E-state index contributed by atoms with van der Waals surface area (Å²) in [6.07, 6.45) is -7.73. The molecule has 1 aliphatic heterocycles. The Labute approximate surface area is 185 Å². The number of benzene rings is 1. The Morgan fingerprint density at radius 1 is 1.21 bits per heavy atom. The van der Waals surface area contributed by atoms with Crippen molar-refractivity contribution in [2.75, 3.05) is 25.0 Å². The van der Waals surface area contributed by atoms with Crippen LogP contribution in [-0.2, 0) is 11.6 Å². The third-order valence-electron chi connectivity index (χ3n) is 6.13. The molecule has 2 amide bonds. The standard InChI is InChI=1S/C21H21F5N6O/c1-20(12-5-3-2-4-6-12,13-9-31(10-13)19(27)33)11-28-16-7-14(18(22)23)29-17-8-15(21(24,25)26)30-32(16)17/h2-8,13,18,28H,9-11H2,1H3,(H2,27,33)/t20-/m1/s1. The number of nitrogens with one attached hydrogen (secondary N) is 1. The summed E-state index contributed by atoms with van der Waals surface area (Å²) in [7, 11) is 0. The zero-order valence-electron chi connectivity index (χ0n) is 17.5. The van der Waals surface area contributed by atoms with Gasteiger partial charge in [0.15, 0.2) is 11.3 Å². The molecule has 1 fully saturated rings. The number of primary amides is 1. The third kappa shape index (κ3) is 4.29. The Morgan fingerprint density at radius 3 is 2.45 bits per heavy atom. The Hall–Kier alpha value is -3.44. The van der Waals surface area contributed by atoms with E-state index in [4.69, 9.17) is 5.73 Å². The van der Waals surface area contributed by atoms with Crippen LogP contribution in [0.4, 0.5) is 32.6 Å². The average Bonchev–Trinajstić information content (AvgIpc) is 3.16. The van der Waals surface area contributed by atoms with E-state index in [-0.39, 0.29) is 23.9 Å². The predicted octanol–water partition coefficient (Wildman–Crippen LogP) is 4.07. The summed E-state index contributed by atoms with van der Waals surface area (Å²) in [5.41, 5.74) is 3.44. The monoisotopic (exact) mass is 468 g/mol. The minimum atomic E-state index is -4.75. The molecule has 7 nitrogen and oxygen atoms in total. The fourth-order valence-corrected chi connectivity index (χ4v) is 4.01. The number of carbonyl (C=O) groups is 1. The summed E-state index contributed by atoms with van der Waals surface area (Å²) in [4.78, 5) is 16.5. The number of hydrogen-bond acceptors (Lipinski definition) is 4. The van der Waals surface area contributed by atoms with Crippen LogP contribution in [0.2, 0.25) is 0 Å². The fraction of sp³-hybridized carbons (Fsp3) is 0.381. The average molecular weight is 468 g/mol. The van der Waals surface area contributed by atoms with Crippen LogP contribution >= 0.6 is 0 Å². The highest BCUT2D eigenvalue weighted by molar-refractivity contribution is 5.73. The Kier molecular flexibility index (Phi) is 5.62. The summed E-state index contributed by atoms with van der Waals surface area (Å²) in [5, 5.41) is 6.53. The van der Waals surface area contributed by atoms with Crippen LogP contribution < -0.4 is 11.1 Å². The van der Waals surface area contributed by atoms with Crippen molar-refractivity contribution in [3.05, 3.63) is 59.4 Å². The number of amides is 2. The van der Waals surface area contributed by atoms with Crippen LogP contribution in [0.1, 0.15) is 30.3 Å². The molecule has 176 valence electrons. The van der Waals surface area contributed by atoms with Crippen LogP contribution in [0.25, 0.3) is 5.65 Å². The molecule has 3 aromatic rings. The summed E-state index contributed by atoms with van der Waals surface area (Å²) in [6.45, 7) is 2.92. The highest BCUT2D eigenvalue weighted by atomic mass is 19.4. The van der Waals surface area contributed by atoms with Crippen LogP contribution in [0.3, 0.4) is 0 Å². The van der Waals surface area contributed by atoms with Crippen LogP contribution in [0.5, 0.6) is 0 Å². The van der Waals surface area contributed by atoms with Crippen molar-refractivity contribution in [1.29, 1.82) is 0 Å². The van der Waals surface area contributed by atoms with E-state index >= 15 is 0 Å². The van der Waals surface area contributed by atoms with Crippen molar-refractivity contribution in [3.8, 4) is 0 Å². The number of urea groups is 1. The molecular weight excluding hydrogens is 447 g/mol. The molecule has 3 N–H and O–H groups in total. The van der Waals surface area contributed by atoms with E-state index in [1.165, 1.54) is 4.90 Å². The van der Waals surface area contributed by atoms with Gasteiger partial charge in [0.25, 0.3) is 6.43 Å². The van der Waals surface area contributed by atoms with E-state index in [2.05, 4.69) is 15.4 Å². The maximum atomic E-state index is 13.4. The van der Waals surface area contributed by atoms with Gasteiger partial charge in [-0.3, -0.25) is 0 Å². The maximum absolute atomic E-state index is 13.4. The van der Waals surface area contributed by atoms with Crippen molar-refractivity contribution in [2.24, 2.45) is 11.7 Å². The van der Waals surface area contributed by atoms with Crippen molar-refractivity contribution < 1.29 is 26.7 Å². The number of alkyl halides is 5. The van der Waals surface area contributed by atoms with Crippen LogP contribution in [-0.4, -0.2) is 45.2 Å². The number of anilines is 1. The van der Waals surface area contributed by atoms with E-state index in [1.807, 2.05) is 37.3 Å². The summed E-state index contributed by atoms with van der Waals surface area (Å²) in [5.74, 6) is -0.0609. The molecule has 0 saturated carbocycles. The predicted molar refractivity (Wildman–Crippen MR) is 110 cm³/mol. The summed E-state index contributed by atoms with van der Waals surface area (Å²) >= 11 is 0. The lowest BCUT2D eigenvalue weighted by Gasteiger charge is -2.49. The zero-order valence-corrected chi connectivity index (χ0v) is 17.5. The van der Waals surface area contributed by atoms with Crippen molar-refractivity contribution in [1.82, 2.24) is 19.5 Å². The number of aromatic nitrogens is 3. The molecule has 1 aliphatic rings. The van der Waals surface area contributed by atoms with E-state index in [1.54, 1.807) is 0 Å². The fourth-order valence-electron chi connectivity index (χ4n) is 4.01. The lowest BCUT2D eigenvalue weighted by Crippen LogP contribution is -2.60. The molecule has 0 radical (unpaired) electrons. The first kappa shape index (κ1) is 22.7. The topological polar surface area (TPSA) is 88.6 Å². The number of nitrogens with two attached hydrogens (primary N) is 1. The molecule has 0 bridgehead atoms. The second kappa shape index (κ2) is 8.16. The zero-order chi connectivity index (χ0) is 24.0. The van der Waals surface area contributed by atoms with Gasteiger partial charge in [0.2, 0.25) is 0 Å². The van der Waals surface area contributed by atoms with Gasteiger partial charge in [0.1, 0.15) is 11.5 Å². The summed E-state index contributed by atoms with van der Waals surface area (Å²) < 4.78 is 67.1. The van der Waals surface area contributed by atoms with Gasteiger partial charge in [-0.25, -0.2) is 18.6 Å². The SMILES string of the molecule is C[C@@](CNc1cc(C(F)F)nc2cc(C(F)(F)F)nn12)(c1ccccc1)C1CN(C(N)=O)C1. The molecule has 0 spiro atoms. The van der Waals surface area contributed by atoms with Gasteiger partial charge in [-0.2, -0.15) is 22.8 Å². The van der Waals surface area contributed by atoms with Crippen molar-refractivity contribution >= 4 is 17.5 Å². The van der Waals surface area contributed by atoms with Gasteiger partial charge in [-0.15, -0.1) is 0 Å². The van der Waals surface area contributed by atoms with Gasteiger partial charge in [0.05, 0.1) is 0 Å². The normalized spacial score (nSPS) is 16.6. The Balaban J connectivity index is 1.69. The first-order chi connectivity index (χ1) is 15.5. The van der Waals surface area contributed by atoms with E-state index in [0.717, 1.165) is 16.1 Å². The Bertz CT molecular complexity index is 1160. The van der Waals surface area contributed by atoms with E-state index in [9.17, 15) is 26.7 Å². The number of hydrogen-bond donors (Lipinski definition) is 2. The van der Waals surface area contributed by atoms with Gasteiger partial charge in [-0.05, 0) is 5.56 Å². The van der Waals surface area contributed by atoms with Gasteiger partial charge in [-0.1, -0.05) is 37.3 Å². The maximum Gasteiger partial charge on any atom is 0.435 e. The number of likely N-dealkylation sites (tertiary alicyclic amines) is 1. The molecule has 1 aromatic carbocycles. The lowest BCUT2D eigenvalue weighted by atomic mass is 9.68. The number of rotatable bonds is 6. The molecule has 4 rings (SSSR count). The van der Waals surface area contributed by atoms with Gasteiger partial charge >= 0.3 is 12.2 Å². The van der Waals surface area contributed by atoms with Crippen LogP contribution in [0.15, 0.2) is 42.5 Å². The first-order valence-corrected chi connectivity index (χ1v) is 10.1. The molecule has 1 atom stereocenters. The number of halogens is 5. The largest absolute Gasteiger partial charge is 0.435 e. The molecule has 3 heterocycles. The van der Waals surface area contributed by atoms with Gasteiger partial charge in [0, 0.05) is 43.1 Å². The quantitative estimate of drug-likeness (QED) is 0.534. The highest BCUT2D eigenvalue weighted by Gasteiger charge is 2.44. The minimum absolute atomic E-state index is 0.0184. The van der Waals surface area contributed by atoms with E-state index < -0.39 is 35.4 Å². The minimum Gasteiger partial charge on any atom is -0.369 e. The number of fused-ring (bicyclic) bond motifs is 1. The summed E-state index contributed by atoms with van der Waals surface area (Å²) in [6, 6.07) is 10.4. The lowest BCUT2D eigenvalue weighted by molar-refractivity contribution is -0.141. The second-order valence-electron chi connectivity index (χ2n) is 8.24. The molecule has 1 saturated heterocycles. The molecule has 2 aromatic heterocycles. The van der Waals surface area contributed by atoms with E-state index in [0.29, 0.717) is 19.2 Å².